The molecule has 2 aromatic carbocycles. The number of imidazole rings is 1. The highest BCUT2D eigenvalue weighted by Gasteiger charge is 2.45. The first-order valence-corrected chi connectivity index (χ1v) is 10.2. The molecule has 164 valence electrons. The third kappa shape index (κ3) is 3.86. The molecule has 0 saturated heterocycles. The monoisotopic (exact) mass is 439 g/mol. The summed E-state index contributed by atoms with van der Waals surface area (Å²) in [5.41, 5.74) is 0.235. The van der Waals surface area contributed by atoms with Gasteiger partial charge in [0.1, 0.15) is 18.2 Å². The molecule has 0 aliphatic heterocycles. The Hall–Kier alpha value is -3.62. The summed E-state index contributed by atoms with van der Waals surface area (Å²) < 4.78 is 50.1. The summed E-state index contributed by atoms with van der Waals surface area (Å²) in [5.74, 6) is 1.55. The van der Waals surface area contributed by atoms with Gasteiger partial charge < -0.3 is 9.30 Å². The van der Waals surface area contributed by atoms with Gasteiger partial charge in [-0.25, -0.2) is 14.6 Å². The summed E-state index contributed by atoms with van der Waals surface area (Å²) in [7, 11) is 1.90. The van der Waals surface area contributed by atoms with E-state index < -0.39 is 11.7 Å². The van der Waals surface area contributed by atoms with Gasteiger partial charge in [-0.1, -0.05) is 30.3 Å². The third-order valence-corrected chi connectivity index (χ3v) is 5.58. The molecule has 2 aromatic heterocycles. The van der Waals surface area contributed by atoms with Crippen LogP contribution in [0.4, 0.5) is 13.2 Å². The maximum atomic E-state index is 13.7. The fourth-order valence-corrected chi connectivity index (χ4v) is 3.94. The highest BCUT2D eigenvalue weighted by atomic mass is 19.4. The van der Waals surface area contributed by atoms with Crippen molar-refractivity contribution in [2.45, 2.75) is 31.0 Å². The van der Waals surface area contributed by atoms with E-state index in [0.29, 0.717) is 17.4 Å². The number of aryl methyl sites for hydroxylation is 1. The van der Waals surface area contributed by atoms with E-state index in [-0.39, 0.29) is 24.1 Å². The molecule has 1 aliphatic rings. The van der Waals surface area contributed by atoms with Gasteiger partial charge in [-0.3, -0.25) is 0 Å². The number of hydrogen-bond acceptors (Lipinski definition) is 4. The molecule has 2 heterocycles. The lowest BCUT2D eigenvalue weighted by molar-refractivity contribution is -0.137. The molecule has 1 fully saturated rings. The minimum absolute atomic E-state index is 0.0379. The van der Waals surface area contributed by atoms with Crippen LogP contribution in [-0.4, -0.2) is 24.3 Å². The maximum Gasteiger partial charge on any atom is 0.418 e. The quantitative estimate of drug-likeness (QED) is 0.430. The van der Waals surface area contributed by atoms with Crippen LogP contribution in [0.25, 0.3) is 5.69 Å². The molecule has 1 aliphatic carbocycles. The van der Waals surface area contributed by atoms with Crippen molar-refractivity contribution in [2.75, 3.05) is 0 Å². The van der Waals surface area contributed by atoms with E-state index in [1.807, 2.05) is 29.8 Å². The van der Waals surface area contributed by atoms with Gasteiger partial charge >= 0.3 is 6.18 Å². The van der Waals surface area contributed by atoms with E-state index in [4.69, 9.17) is 4.74 Å². The summed E-state index contributed by atoms with van der Waals surface area (Å²) in [5, 5.41) is 4.43. The number of hydrogen-bond donors (Lipinski definition) is 0. The van der Waals surface area contributed by atoms with Crippen LogP contribution in [-0.2, 0) is 19.8 Å². The van der Waals surface area contributed by atoms with Crippen molar-refractivity contribution in [1.82, 2.24) is 24.3 Å². The van der Waals surface area contributed by atoms with Crippen LogP contribution in [0.3, 0.4) is 0 Å². The zero-order valence-corrected chi connectivity index (χ0v) is 17.2. The topological polar surface area (TPSA) is 57.8 Å². The van der Waals surface area contributed by atoms with Crippen LogP contribution in [0.15, 0.2) is 67.1 Å². The predicted octanol–water partition coefficient (Wildman–Crippen LogP) is 4.87. The fourth-order valence-electron chi connectivity index (χ4n) is 3.94. The van der Waals surface area contributed by atoms with Crippen molar-refractivity contribution >= 4 is 0 Å². The van der Waals surface area contributed by atoms with Crippen LogP contribution < -0.4 is 4.74 Å². The van der Waals surface area contributed by atoms with E-state index in [2.05, 4.69) is 15.1 Å². The average Bonchev–Trinajstić information content (AvgIpc) is 3.25. The molecule has 0 radical (unpaired) electrons. The second kappa shape index (κ2) is 7.81. The average molecular weight is 439 g/mol. The first-order chi connectivity index (χ1) is 15.4. The molecule has 0 unspecified atom stereocenters. The van der Waals surface area contributed by atoms with Crippen LogP contribution in [0.5, 0.6) is 5.75 Å². The summed E-state index contributed by atoms with van der Waals surface area (Å²) in [6.45, 7) is 0.0568. The van der Waals surface area contributed by atoms with Gasteiger partial charge in [-0.05, 0) is 30.7 Å². The molecule has 0 bridgehead atoms. The van der Waals surface area contributed by atoms with E-state index in [0.717, 1.165) is 18.2 Å². The molecule has 0 amide bonds. The lowest BCUT2D eigenvalue weighted by Gasteiger charge is -2.14. The number of halogens is 3. The van der Waals surface area contributed by atoms with Crippen LogP contribution in [0, 0.1) is 0 Å². The zero-order chi connectivity index (χ0) is 22.3. The highest BCUT2D eigenvalue weighted by Crippen LogP contribution is 2.54. The maximum absolute atomic E-state index is 13.7. The van der Waals surface area contributed by atoms with E-state index in [1.165, 1.54) is 16.8 Å². The number of alkyl halides is 3. The van der Waals surface area contributed by atoms with Gasteiger partial charge in [0.05, 0.1) is 17.6 Å². The second-order valence-corrected chi connectivity index (χ2v) is 7.79. The van der Waals surface area contributed by atoms with E-state index >= 15 is 0 Å². The molecule has 32 heavy (non-hydrogen) atoms. The van der Waals surface area contributed by atoms with Crippen molar-refractivity contribution in [2.24, 2.45) is 7.05 Å². The van der Waals surface area contributed by atoms with Crippen LogP contribution in [0.2, 0.25) is 0 Å². The lowest BCUT2D eigenvalue weighted by atomic mass is 10.1. The summed E-state index contributed by atoms with van der Waals surface area (Å²) >= 11 is 0. The van der Waals surface area contributed by atoms with Crippen molar-refractivity contribution in [3.05, 3.63) is 90.0 Å². The largest absolute Gasteiger partial charge is 0.486 e. The van der Waals surface area contributed by atoms with Crippen molar-refractivity contribution in [3.63, 3.8) is 0 Å². The minimum Gasteiger partial charge on any atom is -0.486 e. The molecule has 4 aromatic rings. The van der Waals surface area contributed by atoms with Gasteiger partial charge in [0.2, 0.25) is 0 Å². The second-order valence-electron chi connectivity index (χ2n) is 7.79. The van der Waals surface area contributed by atoms with Crippen LogP contribution in [0.1, 0.15) is 41.2 Å². The van der Waals surface area contributed by atoms with Gasteiger partial charge in [-0.15, -0.1) is 5.10 Å². The molecule has 2 atom stereocenters. The summed E-state index contributed by atoms with van der Waals surface area (Å²) in [6.07, 6.45) is -0.237. The van der Waals surface area contributed by atoms with E-state index in [1.54, 1.807) is 30.7 Å². The Morgan fingerprint density at radius 1 is 1.03 bits per heavy atom. The molecule has 0 spiro atoms. The normalized spacial score (nSPS) is 18.0. The number of nitrogens with zero attached hydrogens (tertiary/aromatic N) is 5. The highest BCUT2D eigenvalue weighted by molar-refractivity contribution is 5.44. The fraction of sp³-hybridized carbons (Fsp3) is 0.261. The predicted molar refractivity (Wildman–Crippen MR) is 110 cm³/mol. The smallest absolute Gasteiger partial charge is 0.418 e. The Bertz CT molecular complexity index is 1230. The van der Waals surface area contributed by atoms with Crippen molar-refractivity contribution in [1.29, 1.82) is 0 Å². The summed E-state index contributed by atoms with van der Waals surface area (Å²) in [4.78, 5) is 8.76. The molecular weight excluding hydrogens is 419 g/mol. The van der Waals surface area contributed by atoms with Gasteiger partial charge in [0.15, 0.2) is 5.82 Å². The minimum atomic E-state index is -4.51. The molecular formula is C23H20F3N5O. The Labute approximate surface area is 182 Å². The number of para-hydroxylation sites is 2. The standard InChI is InChI=1S/C23H20F3N5O/c1-30-14-27-12-20(30)16-11-17(16)22-28-21(13-32-15-7-3-2-4-8-15)29-31(22)19-10-6-5-9-18(19)23(24,25)26/h2-10,12,14,16-17H,11,13H2,1H3/t16-,17-/m1/s1. The first-order valence-electron chi connectivity index (χ1n) is 10.2. The Kier molecular flexibility index (Phi) is 4.96. The lowest BCUT2D eigenvalue weighted by Crippen LogP contribution is -2.13. The van der Waals surface area contributed by atoms with E-state index in [9.17, 15) is 13.2 Å². The van der Waals surface area contributed by atoms with Gasteiger partial charge in [-0.2, -0.15) is 13.2 Å². The molecule has 5 rings (SSSR count). The van der Waals surface area contributed by atoms with Gasteiger partial charge in [0, 0.05) is 30.8 Å². The van der Waals surface area contributed by atoms with Crippen LogP contribution >= 0.6 is 0 Å². The molecule has 6 nitrogen and oxygen atoms in total. The number of aromatic nitrogens is 5. The first kappa shape index (κ1) is 20.3. The van der Waals surface area contributed by atoms with Crippen molar-refractivity contribution in [3.8, 4) is 11.4 Å². The summed E-state index contributed by atoms with van der Waals surface area (Å²) in [6, 6.07) is 14.6. The molecule has 1 saturated carbocycles. The number of rotatable bonds is 6. The SMILES string of the molecule is Cn1cncc1[C@@H]1C[C@H]1c1nc(COc2ccccc2)nn1-c1ccccc1C(F)(F)F. The van der Waals surface area contributed by atoms with Crippen molar-refractivity contribution < 1.29 is 17.9 Å². The Balaban J connectivity index is 1.52. The molecule has 9 heteroatoms. The third-order valence-electron chi connectivity index (χ3n) is 5.58. The number of benzene rings is 2. The van der Waals surface area contributed by atoms with Gasteiger partial charge in [0.25, 0.3) is 0 Å². The zero-order valence-electron chi connectivity index (χ0n) is 17.2. The Morgan fingerprint density at radius 2 is 1.78 bits per heavy atom. The Morgan fingerprint density at radius 3 is 2.50 bits per heavy atom. The molecule has 0 N–H and O–H groups in total. The number of ether oxygens (including phenoxy) is 1.